The Kier molecular flexibility index (Phi) is 6.04. The minimum Gasteiger partial charge on any atom is -0.329 e. The van der Waals surface area contributed by atoms with Gasteiger partial charge >= 0.3 is 0 Å². The quantitative estimate of drug-likeness (QED) is 0.792. The highest BCUT2D eigenvalue weighted by Gasteiger charge is 2.34. The molecule has 6 heteroatoms. The van der Waals surface area contributed by atoms with E-state index >= 15 is 0 Å². The van der Waals surface area contributed by atoms with E-state index in [0.29, 0.717) is 13.1 Å². The lowest BCUT2D eigenvalue weighted by Crippen LogP contribution is -2.51. The summed E-state index contributed by atoms with van der Waals surface area (Å²) in [6.07, 6.45) is 5.38. The summed E-state index contributed by atoms with van der Waals surface area (Å²) >= 11 is 0. The van der Waals surface area contributed by atoms with E-state index in [4.69, 9.17) is 5.73 Å². The van der Waals surface area contributed by atoms with Crippen LogP contribution in [0.5, 0.6) is 0 Å². The molecule has 18 heavy (non-hydrogen) atoms. The van der Waals surface area contributed by atoms with E-state index in [9.17, 15) is 8.42 Å². The maximum absolute atomic E-state index is 12.6. The van der Waals surface area contributed by atoms with E-state index < -0.39 is 10.2 Å². The molecule has 0 heterocycles. The lowest BCUT2D eigenvalue weighted by molar-refractivity contribution is 0.236. The fraction of sp³-hybridized carbons (Fsp3) is 1.00. The fourth-order valence-electron chi connectivity index (χ4n) is 2.41. The van der Waals surface area contributed by atoms with Crippen LogP contribution in [0.3, 0.4) is 0 Å². The molecule has 0 radical (unpaired) electrons. The molecule has 1 aliphatic carbocycles. The van der Waals surface area contributed by atoms with Gasteiger partial charge in [-0.2, -0.15) is 17.0 Å². The lowest BCUT2D eigenvalue weighted by Gasteiger charge is -2.36. The zero-order chi connectivity index (χ0) is 13.8. The van der Waals surface area contributed by atoms with Crippen LogP contribution in [-0.2, 0) is 10.2 Å². The Labute approximate surface area is 112 Å². The highest BCUT2D eigenvalue weighted by atomic mass is 32.2. The maximum atomic E-state index is 12.6. The van der Waals surface area contributed by atoms with Crippen molar-refractivity contribution in [2.75, 3.05) is 20.1 Å². The normalized spacial score (nSPS) is 19.1. The molecule has 0 aromatic heterocycles. The van der Waals surface area contributed by atoms with E-state index in [-0.39, 0.29) is 12.1 Å². The van der Waals surface area contributed by atoms with Crippen LogP contribution in [0.4, 0.5) is 0 Å². The number of nitrogens with zero attached hydrogens (tertiary/aromatic N) is 2. The summed E-state index contributed by atoms with van der Waals surface area (Å²) < 4.78 is 28.2. The minimum atomic E-state index is -3.38. The molecule has 2 N–H and O–H groups in total. The summed E-state index contributed by atoms with van der Waals surface area (Å²) in [7, 11) is -1.73. The monoisotopic (exact) mass is 277 g/mol. The minimum absolute atomic E-state index is 0.0288. The average Bonchev–Trinajstić information content (AvgIpc) is 2.35. The molecule has 1 aliphatic rings. The Balaban J connectivity index is 2.88. The molecule has 108 valence electrons. The van der Waals surface area contributed by atoms with Gasteiger partial charge in [-0.25, -0.2) is 0 Å². The molecule has 0 aromatic carbocycles. The van der Waals surface area contributed by atoms with Gasteiger partial charge in [-0.15, -0.1) is 0 Å². The highest BCUT2D eigenvalue weighted by Crippen LogP contribution is 2.25. The van der Waals surface area contributed by atoms with Crippen molar-refractivity contribution in [3.05, 3.63) is 0 Å². The number of hydrogen-bond donors (Lipinski definition) is 1. The second-order valence-electron chi connectivity index (χ2n) is 5.31. The van der Waals surface area contributed by atoms with Gasteiger partial charge in [0.25, 0.3) is 10.2 Å². The first kappa shape index (κ1) is 15.9. The number of rotatable bonds is 6. The van der Waals surface area contributed by atoms with Crippen LogP contribution in [0.15, 0.2) is 0 Å². The van der Waals surface area contributed by atoms with Crippen molar-refractivity contribution >= 4 is 10.2 Å². The van der Waals surface area contributed by atoms with Crippen LogP contribution in [0.25, 0.3) is 0 Å². The van der Waals surface area contributed by atoms with Gasteiger partial charge in [0.15, 0.2) is 0 Å². The topological polar surface area (TPSA) is 66.6 Å². The van der Waals surface area contributed by atoms with Gasteiger partial charge in [-0.05, 0) is 26.7 Å². The Morgan fingerprint density at radius 1 is 1.22 bits per heavy atom. The third-order valence-electron chi connectivity index (χ3n) is 3.72. The Morgan fingerprint density at radius 2 is 1.78 bits per heavy atom. The van der Waals surface area contributed by atoms with Gasteiger partial charge < -0.3 is 5.73 Å². The first-order valence-corrected chi connectivity index (χ1v) is 8.25. The second kappa shape index (κ2) is 6.84. The summed E-state index contributed by atoms with van der Waals surface area (Å²) in [6, 6.07) is 0.104. The molecule has 0 spiro atoms. The summed E-state index contributed by atoms with van der Waals surface area (Å²) in [4.78, 5) is 0. The van der Waals surface area contributed by atoms with Gasteiger partial charge in [0.05, 0.1) is 0 Å². The van der Waals surface area contributed by atoms with Crippen molar-refractivity contribution in [3.8, 4) is 0 Å². The first-order chi connectivity index (χ1) is 8.41. The second-order valence-corrected chi connectivity index (χ2v) is 7.25. The smallest absolute Gasteiger partial charge is 0.282 e. The van der Waals surface area contributed by atoms with E-state index in [0.717, 1.165) is 25.7 Å². The van der Waals surface area contributed by atoms with Crippen molar-refractivity contribution in [2.24, 2.45) is 5.73 Å². The van der Waals surface area contributed by atoms with Gasteiger partial charge in [-0.1, -0.05) is 19.3 Å². The largest absolute Gasteiger partial charge is 0.329 e. The summed E-state index contributed by atoms with van der Waals surface area (Å²) in [5.41, 5.74) is 5.58. The molecule has 0 bridgehead atoms. The molecule has 0 saturated heterocycles. The van der Waals surface area contributed by atoms with Crippen molar-refractivity contribution in [1.82, 2.24) is 8.61 Å². The standard InChI is InChI=1S/C12H27N3O2S/c1-11(2)14(3)18(16,17)15(10-9-13)12-7-5-4-6-8-12/h11-12H,4-10,13H2,1-3H3. The van der Waals surface area contributed by atoms with Crippen LogP contribution in [0, 0.1) is 0 Å². The van der Waals surface area contributed by atoms with Crippen LogP contribution >= 0.6 is 0 Å². The van der Waals surface area contributed by atoms with Crippen molar-refractivity contribution in [1.29, 1.82) is 0 Å². The van der Waals surface area contributed by atoms with Gasteiger partial charge in [-0.3, -0.25) is 0 Å². The summed E-state index contributed by atoms with van der Waals surface area (Å²) in [5.74, 6) is 0. The van der Waals surface area contributed by atoms with E-state index in [1.165, 1.54) is 10.7 Å². The molecule has 0 unspecified atom stereocenters. The van der Waals surface area contributed by atoms with Crippen molar-refractivity contribution < 1.29 is 8.42 Å². The molecule has 5 nitrogen and oxygen atoms in total. The SMILES string of the molecule is CC(C)N(C)S(=O)(=O)N(CCN)C1CCCCC1. The van der Waals surface area contributed by atoms with Crippen LogP contribution < -0.4 is 5.73 Å². The molecule has 0 aliphatic heterocycles. The maximum Gasteiger partial charge on any atom is 0.282 e. The Morgan fingerprint density at radius 3 is 2.22 bits per heavy atom. The highest BCUT2D eigenvalue weighted by molar-refractivity contribution is 7.86. The average molecular weight is 277 g/mol. The molecular formula is C12H27N3O2S. The predicted molar refractivity (Wildman–Crippen MR) is 74.5 cm³/mol. The van der Waals surface area contributed by atoms with Crippen molar-refractivity contribution in [3.63, 3.8) is 0 Å². The predicted octanol–water partition coefficient (Wildman–Crippen LogP) is 1.16. The fourth-order valence-corrected chi connectivity index (χ4v) is 4.20. The third kappa shape index (κ3) is 3.66. The molecular weight excluding hydrogens is 250 g/mol. The number of nitrogens with two attached hydrogens (primary N) is 1. The van der Waals surface area contributed by atoms with E-state index in [1.807, 2.05) is 13.8 Å². The summed E-state index contributed by atoms with van der Waals surface area (Å²) in [6.45, 7) is 4.57. The lowest BCUT2D eigenvalue weighted by atomic mass is 9.95. The zero-order valence-corrected chi connectivity index (χ0v) is 12.6. The first-order valence-electron chi connectivity index (χ1n) is 6.86. The Bertz CT molecular complexity index is 337. The molecule has 1 fully saturated rings. The molecule has 1 rings (SSSR count). The number of hydrogen-bond acceptors (Lipinski definition) is 3. The summed E-state index contributed by atoms with van der Waals surface area (Å²) in [5, 5.41) is 0. The van der Waals surface area contributed by atoms with Crippen molar-refractivity contribution in [2.45, 2.75) is 58.0 Å². The van der Waals surface area contributed by atoms with E-state index in [1.54, 1.807) is 11.4 Å². The van der Waals surface area contributed by atoms with Gasteiger partial charge in [0.1, 0.15) is 0 Å². The molecule has 1 saturated carbocycles. The molecule has 0 amide bonds. The zero-order valence-electron chi connectivity index (χ0n) is 11.8. The van der Waals surface area contributed by atoms with Crippen LogP contribution in [0.2, 0.25) is 0 Å². The third-order valence-corrected chi connectivity index (χ3v) is 5.94. The van der Waals surface area contributed by atoms with Crippen LogP contribution in [-0.4, -0.2) is 49.2 Å². The van der Waals surface area contributed by atoms with Gasteiger partial charge in [0.2, 0.25) is 0 Å². The molecule has 0 aromatic rings. The van der Waals surface area contributed by atoms with Gasteiger partial charge in [0, 0.05) is 32.2 Å². The van der Waals surface area contributed by atoms with Crippen LogP contribution in [0.1, 0.15) is 46.0 Å². The molecule has 0 atom stereocenters. The van der Waals surface area contributed by atoms with E-state index in [2.05, 4.69) is 0 Å². The Hall–Kier alpha value is -0.170.